The standard InChI is InChI=1S/C12H24NO6P/c1-9(2)11(14)5-6-12(15)13-7-8-18-20(16,17)19-10(3)4/h9-10H,5-8H2,1-4H3,(H,13,15)(H,16,17). The summed E-state index contributed by atoms with van der Waals surface area (Å²) in [6.07, 6.45) is -0.127. The monoisotopic (exact) mass is 309 g/mol. The molecule has 1 unspecified atom stereocenters. The number of nitrogens with one attached hydrogen (secondary N) is 1. The molecule has 1 atom stereocenters. The maximum Gasteiger partial charge on any atom is 0.472 e. The Labute approximate surface area is 119 Å². The summed E-state index contributed by atoms with van der Waals surface area (Å²) in [5, 5.41) is 2.50. The largest absolute Gasteiger partial charge is 0.472 e. The number of amides is 1. The van der Waals surface area contributed by atoms with Crippen LogP contribution in [-0.2, 0) is 23.2 Å². The quantitative estimate of drug-likeness (QED) is 0.470. The number of ketones is 1. The van der Waals surface area contributed by atoms with Crippen molar-refractivity contribution in [2.24, 2.45) is 5.92 Å². The third-order valence-electron chi connectivity index (χ3n) is 2.27. The SMILES string of the molecule is CC(C)OP(=O)(O)OCCNC(=O)CCC(=O)C(C)C. The molecule has 0 saturated carbocycles. The molecule has 0 aliphatic rings. The maximum atomic E-state index is 11.4. The van der Waals surface area contributed by atoms with Crippen LogP contribution in [0, 0.1) is 5.92 Å². The molecular weight excluding hydrogens is 285 g/mol. The van der Waals surface area contributed by atoms with Crippen LogP contribution < -0.4 is 5.32 Å². The van der Waals surface area contributed by atoms with Gasteiger partial charge < -0.3 is 10.2 Å². The highest BCUT2D eigenvalue weighted by Gasteiger charge is 2.22. The van der Waals surface area contributed by atoms with Crippen molar-refractivity contribution in [1.82, 2.24) is 5.32 Å². The van der Waals surface area contributed by atoms with Crippen molar-refractivity contribution in [2.75, 3.05) is 13.2 Å². The number of phosphoric acid groups is 1. The molecule has 7 nitrogen and oxygen atoms in total. The summed E-state index contributed by atoms with van der Waals surface area (Å²) in [5.74, 6) is -0.346. The number of carbonyl (C=O) groups is 2. The summed E-state index contributed by atoms with van der Waals surface area (Å²) in [6, 6.07) is 0. The van der Waals surface area contributed by atoms with Gasteiger partial charge >= 0.3 is 7.82 Å². The summed E-state index contributed by atoms with van der Waals surface area (Å²) >= 11 is 0. The highest BCUT2D eigenvalue weighted by atomic mass is 31.2. The average Bonchev–Trinajstić information content (AvgIpc) is 2.29. The van der Waals surface area contributed by atoms with E-state index in [1.54, 1.807) is 27.7 Å². The van der Waals surface area contributed by atoms with E-state index in [2.05, 4.69) is 14.4 Å². The number of hydrogen-bond donors (Lipinski definition) is 2. The van der Waals surface area contributed by atoms with Crippen LogP contribution in [0.4, 0.5) is 0 Å². The van der Waals surface area contributed by atoms with E-state index in [0.717, 1.165) is 0 Å². The normalized spacial score (nSPS) is 14.3. The predicted molar refractivity (Wildman–Crippen MR) is 74.1 cm³/mol. The molecule has 0 saturated heterocycles. The molecule has 0 bridgehead atoms. The van der Waals surface area contributed by atoms with Gasteiger partial charge in [0.05, 0.1) is 12.7 Å². The van der Waals surface area contributed by atoms with Crippen LogP contribution in [0.15, 0.2) is 0 Å². The molecule has 0 fully saturated rings. The molecule has 0 aliphatic heterocycles. The predicted octanol–water partition coefficient (Wildman–Crippen LogP) is 1.65. The number of carbonyl (C=O) groups excluding carboxylic acids is 2. The molecule has 0 heterocycles. The van der Waals surface area contributed by atoms with Crippen molar-refractivity contribution in [3.8, 4) is 0 Å². The highest BCUT2D eigenvalue weighted by molar-refractivity contribution is 7.47. The minimum Gasteiger partial charge on any atom is -0.354 e. The molecule has 0 rings (SSSR count). The average molecular weight is 309 g/mol. The molecule has 0 aromatic rings. The van der Waals surface area contributed by atoms with Gasteiger partial charge in [-0.15, -0.1) is 0 Å². The molecule has 0 aromatic heterocycles. The zero-order valence-corrected chi connectivity index (χ0v) is 13.3. The van der Waals surface area contributed by atoms with Crippen molar-refractivity contribution < 1.29 is 28.1 Å². The van der Waals surface area contributed by atoms with E-state index in [-0.39, 0.29) is 43.6 Å². The van der Waals surface area contributed by atoms with Crippen molar-refractivity contribution in [3.05, 3.63) is 0 Å². The smallest absolute Gasteiger partial charge is 0.354 e. The third kappa shape index (κ3) is 10.1. The van der Waals surface area contributed by atoms with E-state index >= 15 is 0 Å². The topological polar surface area (TPSA) is 102 Å². The van der Waals surface area contributed by atoms with Crippen molar-refractivity contribution in [3.63, 3.8) is 0 Å². The Bertz CT molecular complexity index is 369. The summed E-state index contributed by atoms with van der Waals surface area (Å²) in [5.41, 5.74) is 0. The molecule has 0 aromatic carbocycles. The van der Waals surface area contributed by atoms with Gasteiger partial charge in [-0.2, -0.15) is 0 Å². The fraction of sp³-hybridized carbons (Fsp3) is 0.833. The lowest BCUT2D eigenvalue weighted by atomic mass is 10.0. The molecule has 0 aliphatic carbocycles. The summed E-state index contributed by atoms with van der Waals surface area (Å²) in [6.45, 7) is 6.73. The van der Waals surface area contributed by atoms with E-state index in [1.807, 2.05) is 0 Å². The van der Waals surface area contributed by atoms with Gasteiger partial charge in [-0.3, -0.25) is 18.6 Å². The highest BCUT2D eigenvalue weighted by Crippen LogP contribution is 2.44. The third-order valence-corrected chi connectivity index (χ3v) is 3.46. The van der Waals surface area contributed by atoms with E-state index in [1.165, 1.54) is 0 Å². The Morgan fingerprint density at radius 1 is 1.20 bits per heavy atom. The van der Waals surface area contributed by atoms with Gasteiger partial charge in [0.15, 0.2) is 0 Å². The van der Waals surface area contributed by atoms with Crippen molar-refractivity contribution >= 4 is 19.5 Å². The molecule has 20 heavy (non-hydrogen) atoms. The van der Waals surface area contributed by atoms with E-state index in [4.69, 9.17) is 0 Å². The van der Waals surface area contributed by atoms with Crippen LogP contribution in [0.5, 0.6) is 0 Å². The number of rotatable bonds is 10. The van der Waals surface area contributed by atoms with Crippen LogP contribution in [0.3, 0.4) is 0 Å². The van der Waals surface area contributed by atoms with Crippen LogP contribution in [0.2, 0.25) is 0 Å². The van der Waals surface area contributed by atoms with Crippen LogP contribution >= 0.6 is 7.82 Å². The molecule has 118 valence electrons. The molecule has 2 N–H and O–H groups in total. The summed E-state index contributed by atoms with van der Waals surface area (Å²) in [7, 11) is -4.06. The first-order valence-corrected chi connectivity index (χ1v) is 8.08. The van der Waals surface area contributed by atoms with Crippen LogP contribution in [-0.4, -0.2) is 35.8 Å². The second kappa shape index (κ2) is 9.23. The molecule has 0 spiro atoms. The minimum atomic E-state index is -4.06. The van der Waals surface area contributed by atoms with Crippen LogP contribution in [0.25, 0.3) is 0 Å². The van der Waals surface area contributed by atoms with E-state index in [0.29, 0.717) is 0 Å². The lowest BCUT2D eigenvalue weighted by Crippen LogP contribution is -2.27. The number of phosphoric ester groups is 1. The Kier molecular flexibility index (Phi) is 8.89. The van der Waals surface area contributed by atoms with Gasteiger partial charge in [-0.1, -0.05) is 13.8 Å². The fourth-order valence-electron chi connectivity index (χ4n) is 1.26. The summed E-state index contributed by atoms with van der Waals surface area (Å²) < 4.78 is 20.7. The maximum absolute atomic E-state index is 11.4. The van der Waals surface area contributed by atoms with Gasteiger partial charge in [0.1, 0.15) is 5.78 Å². The van der Waals surface area contributed by atoms with Gasteiger partial charge in [0.2, 0.25) is 5.91 Å². The molecule has 8 heteroatoms. The Balaban J connectivity index is 3.77. The van der Waals surface area contributed by atoms with Gasteiger partial charge in [-0.05, 0) is 13.8 Å². The first-order chi connectivity index (χ1) is 9.14. The van der Waals surface area contributed by atoms with Gasteiger partial charge in [-0.25, -0.2) is 4.57 Å². The first-order valence-electron chi connectivity index (χ1n) is 6.59. The number of hydrogen-bond acceptors (Lipinski definition) is 5. The van der Waals surface area contributed by atoms with E-state index < -0.39 is 13.9 Å². The van der Waals surface area contributed by atoms with Crippen LogP contribution in [0.1, 0.15) is 40.5 Å². The van der Waals surface area contributed by atoms with Gasteiger partial charge in [0, 0.05) is 25.3 Å². The molecular formula is C12H24NO6P. The Morgan fingerprint density at radius 2 is 1.80 bits per heavy atom. The minimum absolute atomic E-state index is 0.0293. The number of Topliss-reactive ketones (excluding diaryl/α,β-unsaturated/α-hetero) is 1. The Morgan fingerprint density at radius 3 is 2.30 bits per heavy atom. The van der Waals surface area contributed by atoms with Crippen molar-refractivity contribution in [1.29, 1.82) is 0 Å². The lowest BCUT2D eigenvalue weighted by Gasteiger charge is -2.14. The van der Waals surface area contributed by atoms with E-state index in [9.17, 15) is 19.0 Å². The molecule has 0 radical (unpaired) electrons. The zero-order chi connectivity index (χ0) is 15.8. The second-order valence-corrected chi connectivity index (χ2v) is 6.33. The Hall–Kier alpha value is -0.750. The second-order valence-electron chi connectivity index (χ2n) is 4.93. The van der Waals surface area contributed by atoms with Crippen molar-refractivity contribution in [2.45, 2.75) is 46.6 Å². The lowest BCUT2D eigenvalue weighted by molar-refractivity contribution is -0.126. The fourth-order valence-corrected chi connectivity index (χ4v) is 2.18. The first kappa shape index (κ1) is 19.2. The molecule has 1 amide bonds. The zero-order valence-electron chi connectivity index (χ0n) is 12.4. The van der Waals surface area contributed by atoms with Gasteiger partial charge in [0.25, 0.3) is 0 Å². The summed E-state index contributed by atoms with van der Waals surface area (Å²) in [4.78, 5) is 32.0.